The zero-order chi connectivity index (χ0) is 20.6. The second-order valence-corrected chi connectivity index (χ2v) is 7.95. The Morgan fingerprint density at radius 2 is 1.38 bits per heavy atom. The fourth-order valence-corrected chi connectivity index (χ4v) is 3.96. The summed E-state index contributed by atoms with van der Waals surface area (Å²) in [5, 5.41) is 2.93. The molecule has 0 heterocycles. The van der Waals surface area contributed by atoms with Gasteiger partial charge in [-0.25, -0.2) is 0 Å². The predicted molar refractivity (Wildman–Crippen MR) is 118 cm³/mol. The molecule has 0 aliphatic heterocycles. The van der Waals surface area contributed by atoms with Crippen molar-refractivity contribution in [3.05, 3.63) is 90.0 Å². The van der Waals surface area contributed by atoms with E-state index in [0.717, 1.165) is 16.0 Å². The van der Waals surface area contributed by atoms with Crippen LogP contribution in [0.15, 0.2) is 83.8 Å². The van der Waals surface area contributed by atoms with Crippen LogP contribution in [0.4, 0.5) is 0 Å². The Hall–Kier alpha value is -2.92. The fraction of sp³-hybridized carbons (Fsp3) is 0.208. The molecular formula is C24H25NO3S. The SMILES string of the molecule is COc1ccc(S[C@@H](C)C(=O)NC(c2ccccc2)c2ccccc2)cc1OC. The number of ether oxygens (including phenoxy) is 2. The van der Waals surface area contributed by atoms with E-state index in [1.54, 1.807) is 14.2 Å². The maximum absolute atomic E-state index is 13.0. The van der Waals surface area contributed by atoms with Crippen LogP contribution >= 0.6 is 11.8 Å². The molecule has 0 radical (unpaired) electrons. The zero-order valence-electron chi connectivity index (χ0n) is 16.8. The number of hydrogen-bond acceptors (Lipinski definition) is 4. The molecule has 1 atom stereocenters. The van der Waals surface area contributed by atoms with E-state index in [1.807, 2.05) is 85.8 Å². The highest BCUT2D eigenvalue weighted by molar-refractivity contribution is 8.00. The first-order chi connectivity index (χ1) is 14.1. The van der Waals surface area contributed by atoms with Crippen molar-refractivity contribution >= 4 is 17.7 Å². The van der Waals surface area contributed by atoms with Crippen LogP contribution in [-0.4, -0.2) is 25.4 Å². The van der Waals surface area contributed by atoms with Gasteiger partial charge in [0.05, 0.1) is 25.5 Å². The Bertz CT molecular complexity index is 892. The molecule has 3 rings (SSSR count). The van der Waals surface area contributed by atoms with Crippen molar-refractivity contribution in [1.82, 2.24) is 5.32 Å². The summed E-state index contributed by atoms with van der Waals surface area (Å²) in [5.74, 6) is 1.29. The standard InChI is InChI=1S/C24H25NO3S/c1-17(29-20-14-15-21(27-2)22(16-20)28-3)24(26)25-23(18-10-6-4-7-11-18)19-12-8-5-9-13-19/h4-17,23H,1-3H3,(H,25,26)/t17-/m0/s1. The van der Waals surface area contributed by atoms with E-state index in [1.165, 1.54) is 11.8 Å². The van der Waals surface area contributed by atoms with E-state index in [-0.39, 0.29) is 17.2 Å². The molecule has 0 fully saturated rings. The first-order valence-electron chi connectivity index (χ1n) is 9.41. The molecule has 1 amide bonds. The van der Waals surface area contributed by atoms with Gasteiger partial charge >= 0.3 is 0 Å². The Kier molecular flexibility index (Phi) is 7.19. The van der Waals surface area contributed by atoms with Crippen LogP contribution in [0.2, 0.25) is 0 Å². The van der Waals surface area contributed by atoms with Crippen molar-refractivity contribution in [2.45, 2.75) is 23.1 Å². The van der Waals surface area contributed by atoms with Gasteiger partial charge < -0.3 is 14.8 Å². The molecule has 5 heteroatoms. The average molecular weight is 408 g/mol. The van der Waals surface area contributed by atoms with E-state index >= 15 is 0 Å². The van der Waals surface area contributed by atoms with Crippen molar-refractivity contribution in [1.29, 1.82) is 0 Å². The van der Waals surface area contributed by atoms with E-state index in [2.05, 4.69) is 5.32 Å². The van der Waals surface area contributed by atoms with Gasteiger partial charge in [0.25, 0.3) is 0 Å². The molecule has 150 valence electrons. The van der Waals surface area contributed by atoms with Crippen molar-refractivity contribution in [2.75, 3.05) is 14.2 Å². The van der Waals surface area contributed by atoms with Crippen molar-refractivity contribution in [3.8, 4) is 11.5 Å². The van der Waals surface area contributed by atoms with Crippen LogP contribution in [0.3, 0.4) is 0 Å². The average Bonchev–Trinajstić information content (AvgIpc) is 2.78. The van der Waals surface area contributed by atoms with Gasteiger partial charge in [-0.15, -0.1) is 11.8 Å². The largest absolute Gasteiger partial charge is 0.493 e. The maximum Gasteiger partial charge on any atom is 0.233 e. The highest BCUT2D eigenvalue weighted by atomic mass is 32.2. The minimum absolute atomic E-state index is 0.0255. The molecule has 0 aliphatic carbocycles. The van der Waals surface area contributed by atoms with Gasteiger partial charge in [-0.05, 0) is 36.2 Å². The van der Waals surface area contributed by atoms with Gasteiger partial charge in [-0.3, -0.25) is 4.79 Å². The fourth-order valence-electron chi connectivity index (χ4n) is 3.06. The van der Waals surface area contributed by atoms with Crippen molar-refractivity contribution in [2.24, 2.45) is 0 Å². The van der Waals surface area contributed by atoms with Crippen LogP contribution in [0.25, 0.3) is 0 Å². The third kappa shape index (κ3) is 5.33. The van der Waals surface area contributed by atoms with Gasteiger partial charge in [0, 0.05) is 4.90 Å². The molecule has 0 bridgehead atoms. The molecule has 1 N–H and O–H groups in total. The molecule has 0 unspecified atom stereocenters. The van der Waals surface area contributed by atoms with E-state index in [9.17, 15) is 4.79 Å². The zero-order valence-corrected chi connectivity index (χ0v) is 17.6. The summed E-state index contributed by atoms with van der Waals surface area (Å²) in [7, 11) is 3.21. The summed E-state index contributed by atoms with van der Waals surface area (Å²) in [6.45, 7) is 1.91. The van der Waals surface area contributed by atoms with Gasteiger partial charge in [0.1, 0.15) is 0 Å². The molecule has 0 aliphatic rings. The third-order valence-electron chi connectivity index (χ3n) is 4.59. The number of carbonyl (C=O) groups excluding carboxylic acids is 1. The second-order valence-electron chi connectivity index (χ2n) is 6.54. The summed E-state index contributed by atoms with van der Waals surface area (Å²) >= 11 is 1.49. The number of thioether (sulfide) groups is 1. The summed E-state index contributed by atoms with van der Waals surface area (Å²) in [4.78, 5) is 13.9. The lowest BCUT2D eigenvalue weighted by atomic mass is 9.98. The molecule has 0 saturated carbocycles. The molecule has 29 heavy (non-hydrogen) atoms. The quantitative estimate of drug-likeness (QED) is 0.529. The number of amides is 1. The van der Waals surface area contributed by atoms with Gasteiger partial charge in [0.2, 0.25) is 5.91 Å². The molecule has 3 aromatic rings. The molecule has 0 spiro atoms. The van der Waals surface area contributed by atoms with Crippen LogP contribution in [0, 0.1) is 0 Å². The van der Waals surface area contributed by atoms with Crippen LogP contribution in [0.1, 0.15) is 24.1 Å². The Morgan fingerprint density at radius 3 is 1.90 bits per heavy atom. The van der Waals surface area contributed by atoms with Gasteiger partial charge in [-0.1, -0.05) is 60.7 Å². The number of nitrogens with one attached hydrogen (secondary N) is 1. The topological polar surface area (TPSA) is 47.6 Å². The molecule has 0 saturated heterocycles. The minimum Gasteiger partial charge on any atom is -0.493 e. The second kappa shape index (κ2) is 10.0. The molecule has 3 aromatic carbocycles. The maximum atomic E-state index is 13.0. The normalized spacial score (nSPS) is 11.7. The first-order valence-corrected chi connectivity index (χ1v) is 10.3. The van der Waals surface area contributed by atoms with E-state index < -0.39 is 0 Å². The molecular weight excluding hydrogens is 382 g/mol. The first kappa shape index (κ1) is 20.8. The minimum atomic E-state index is -0.275. The van der Waals surface area contributed by atoms with E-state index in [0.29, 0.717) is 11.5 Å². The van der Waals surface area contributed by atoms with Crippen molar-refractivity contribution in [3.63, 3.8) is 0 Å². The van der Waals surface area contributed by atoms with Crippen LogP contribution < -0.4 is 14.8 Å². The Labute approximate surface area is 176 Å². The van der Waals surface area contributed by atoms with Gasteiger partial charge in [-0.2, -0.15) is 0 Å². The predicted octanol–water partition coefficient (Wildman–Crippen LogP) is 5.09. The number of carbonyl (C=O) groups is 1. The monoisotopic (exact) mass is 407 g/mol. The van der Waals surface area contributed by atoms with Gasteiger partial charge in [0.15, 0.2) is 11.5 Å². The number of hydrogen-bond donors (Lipinski definition) is 1. The Morgan fingerprint density at radius 1 is 0.828 bits per heavy atom. The lowest BCUT2D eigenvalue weighted by Crippen LogP contribution is -2.34. The van der Waals surface area contributed by atoms with Crippen molar-refractivity contribution < 1.29 is 14.3 Å². The highest BCUT2D eigenvalue weighted by Gasteiger charge is 2.21. The highest BCUT2D eigenvalue weighted by Crippen LogP contribution is 2.34. The van der Waals surface area contributed by atoms with Crippen LogP contribution in [0.5, 0.6) is 11.5 Å². The molecule has 4 nitrogen and oxygen atoms in total. The summed E-state index contributed by atoms with van der Waals surface area (Å²) in [5.41, 5.74) is 2.10. The number of methoxy groups -OCH3 is 2. The number of benzene rings is 3. The number of rotatable bonds is 8. The summed E-state index contributed by atoms with van der Waals surface area (Å²) < 4.78 is 10.6. The summed E-state index contributed by atoms with van der Waals surface area (Å²) in [6, 6.07) is 25.5. The smallest absolute Gasteiger partial charge is 0.233 e. The molecule has 0 aromatic heterocycles. The Balaban J connectivity index is 1.76. The lowest BCUT2D eigenvalue weighted by Gasteiger charge is -2.22. The lowest BCUT2D eigenvalue weighted by molar-refractivity contribution is -0.120. The summed E-state index contributed by atoms with van der Waals surface area (Å²) in [6.07, 6.45) is 0. The van der Waals surface area contributed by atoms with Crippen LogP contribution in [-0.2, 0) is 4.79 Å². The van der Waals surface area contributed by atoms with E-state index in [4.69, 9.17) is 9.47 Å². The third-order valence-corrected chi connectivity index (χ3v) is 5.68.